The number of allylic oxidation sites excluding steroid dienone is 1. The Morgan fingerprint density at radius 3 is 2.42 bits per heavy atom. The third kappa shape index (κ3) is 4.34. The van der Waals surface area contributed by atoms with Crippen molar-refractivity contribution >= 4 is 29.3 Å². The Hall–Kier alpha value is -3.66. The number of rotatable bonds is 7. The second-order valence-electron chi connectivity index (χ2n) is 7.23. The lowest BCUT2D eigenvalue weighted by molar-refractivity contribution is -0.113. The summed E-state index contributed by atoms with van der Waals surface area (Å²) in [4.78, 5) is 18.1. The number of methoxy groups -OCH3 is 3. The van der Waals surface area contributed by atoms with Crippen LogP contribution in [0.15, 0.2) is 58.9 Å². The second kappa shape index (κ2) is 9.45. The highest BCUT2D eigenvalue weighted by Crippen LogP contribution is 2.39. The molecule has 2 aromatic carbocycles. The van der Waals surface area contributed by atoms with Gasteiger partial charge < -0.3 is 24.8 Å². The van der Waals surface area contributed by atoms with Gasteiger partial charge in [0.05, 0.1) is 26.9 Å². The van der Waals surface area contributed by atoms with E-state index >= 15 is 0 Å². The summed E-state index contributed by atoms with van der Waals surface area (Å²) in [6, 6.07) is 12.2. The molecule has 172 valence electrons. The van der Waals surface area contributed by atoms with Crippen molar-refractivity contribution in [3.63, 3.8) is 0 Å². The summed E-state index contributed by atoms with van der Waals surface area (Å²) in [5.41, 5.74) is 2.67. The molecule has 1 aromatic heterocycles. The zero-order chi connectivity index (χ0) is 23.5. The number of amides is 1. The Labute approximate surface area is 196 Å². The average Bonchev–Trinajstić information content (AvgIpc) is 3.25. The van der Waals surface area contributed by atoms with Crippen molar-refractivity contribution in [2.45, 2.75) is 18.1 Å². The molecule has 0 saturated heterocycles. The van der Waals surface area contributed by atoms with E-state index in [4.69, 9.17) is 14.2 Å². The number of aromatic nitrogens is 3. The van der Waals surface area contributed by atoms with Crippen molar-refractivity contribution < 1.29 is 19.0 Å². The van der Waals surface area contributed by atoms with Crippen LogP contribution in [0.3, 0.4) is 0 Å². The van der Waals surface area contributed by atoms with E-state index in [1.807, 2.05) is 31.4 Å². The maximum Gasteiger partial charge on any atom is 0.255 e. The summed E-state index contributed by atoms with van der Waals surface area (Å²) in [6.07, 6.45) is 1.91. The van der Waals surface area contributed by atoms with Crippen molar-refractivity contribution in [2.24, 2.45) is 0 Å². The van der Waals surface area contributed by atoms with Crippen LogP contribution in [0.4, 0.5) is 11.6 Å². The molecule has 0 aliphatic carbocycles. The van der Waals surface area contributed by atoms with Crippen molar-refractivity contribution in [2.75, 3.05) is 38.2 Å². The molecule has 0 saturated carbocycles. The summed E-state index contributed by atoms with van der Waals surface area (Å²) in [5.74, 6) is 2.19. The van der Waals surface area contributed by atoms with Crippen molar-refractivity contribution in [3.05, 3.63) is 59.3 Å². The van der Waals surface area contributed by atoms with Gasteiger partial charge in [0.2, 0.25) is 11.1 Å². The number of benzene rings is 2. The molecule has 0 unspecified atom stereocenters. The van der Waals surface area contributed by atoms with E-state index < -0.39 is 6.04 Å². The van der Waals surface area contributed by atoms with E-state index in [2.05, 4.69) is 20.7 Å². The molecule has 1 aliphatic rings. The second-order valence-corrected chi connectivity index (χ2v) is 8.00. The lowest BCUT2D eigenvalue weighted by Gasteiger charge is -2.29. The fraction of sp³-hybridized carbons (Fsp3) is 0.261. The van der Waals surface area contributed by atoms with E-state index in [1.165, 1.54) is 11.8 Å². The van der Waals surface area contributed by atoms with Crippen LogP contribution in [0.2, 0.25) is 0 Å². The van der Waals surface area contributed by atoms with Crippen LogP contribution in [-0.2, 0) is 4.79 Å². The molecule has 0 fully saturated rings. The number of carbonyl (C=O) groups excluding carboxylic acids is 1. The molecule has 33 heavy (non-hydrogen) atoms. The highest BCUT2D eigenvalue weighted by Gasteiger charge is 2.34. The lowest BCUT2D eigenvalue weighted by atomic mass is 9.94. The van der Waals surface area contributed by atoms with Gasteiger partial charge in [0.1, 0.15) is 11.8 Å². The Morgan fingerprint density at radius 2 is 1.79 bits per heavy atom. The topological polar surface area (TPSA) is 99.5 Å². The third-order valence-corrected chi connectivity index (χ3v) is 5.87. The van der Waals surface area contributed by atoms with Gasteiger partial charge in [-0.15, -0.1) is 5.10 Å². The van der Waals surface area contributed by atoms with Crippen LogP contribution in [0.25, 0.3) is 0 Å². The van der Waals surface area contributed by atoms with Crippen LogP contribution in [0.5, 0.6) is 17.2 Å². The standard InChI is InChI=1S/C23H25N5O4S/c1-13-19(21(29)25-15-7-9-16(30-2)10-8-15)20(28-22(24-13)26-23(27-28)33-5)14-6-11-17(31-3)18(12-14)32-4/h6-12,20H,1-5H3,(H,25,29)(H,24,26,27)/t20-/m0/s1. The largest absolute Gasteiger partial charge is 0.497 e. The number of hydrogen-bond acceptors (Lipinski definition) is 8. The summed E-state index contributed by atoms with van der Waals surface area (Å²) in [6.45, 7) is 1.85. The minimum Gasteiger partial charge on any atom is -0.497 e. The van der Waals surface area contributed by atoms with Gasteiger partial charge in [-0.25, -0.2) is 4.68 Å². The number of carbonyl (C=O) groups is 1. The van der Waals surface area contributed by atoms with Gasteiger partial charge in [-0.2, -0.15) is 4.98 Å². The molecule has 1 atom stereocenters. The average molecular weight is 468 g/mol. The van der Waals surface area contributed by atoms with E-state index in [1.54, 1.807) is 50.3 Å². The summed E-state index contributed by atoms with van der Waals surface area (Å²) in [7, 11) is 4.76. The fourth-order valence-electron chi connectivity index (χ4n) is 3.72. The van der Waals surface area contributed by atoms with Crippen LogP contribution in [0.1, 0.15) is 18.5 Å². The number of fused-ring (bicyclic) bond motifs is 1. The van der Waals surface area contributed by atoms with Crippen LogP contribution < -0.4 is 24.8 Å². The highest BCUT2D eigenvalue weighted by atomic mass is 32.2. The fourth-order valence-corrected chi connectivity index (χ4v) is 4.06. The third-order valence-electron chi connectivity index (χ3n) is 5.33. The van der Waals surface area contributed by atoms with E-state index in [-0.39, 0.29) is 5.91 Å². The Kier molecular flexibility index (Phi) is 6.45. The van der Waals surface area contributed by atoms with Crippen molar-refractivity contribution in [3.8, 4) is 17.2 Å². The lowest BCUT2D eigenvalue weighted by Crippen LogP contribution is -2.31. The summed E-state index contributed by atoms with van der Waals surface area (Å²) in [5, 5.41) is 11.4. The number of nitrogens with zero attached hydrogens (tertiary/aromatic N) is 3. The molecule has 4 rings (SSSR count). The smallest absolute Gasteiger partial charge is 0.255 e. The van der Waals surface area contributed by atoms with E-state index in [0.717, 1.165) is 5.56 Å². The predicted octanol–water partition coefficient (Wildman–Crippen LogP) is 3.95. The monoisotopic (exact) mass is 467 g/mol. The molecule has 0 bridgehead atoms. The molecule has 1 aliphatic heterocycles. The van der Waals surface area contributed by atoms with Gasteiger partial charge in [-0.1, -0.05) is 17.8 Å². The predicted molar refractivity (Wildman–Crippen MR) is 127 cm³/mol. The minimum absolute atomic E-state index is 0.253. The zero-order valence-corrected chi connectivity index (χ0v) is 19.8. The molecular formula is C23H25N5O4S. The first kappa shape index (κ1) is 22.5. The highest BCUT2D eigenvalue weighted by molar-refractivity contribution is 7.98. The first-order valence-corrected chi connectivity index (χ1v) is 11.4. The number of thioether (sulfide) groups is 1. The van der Waals surface area contributed by atoms with Gasteiger partial charge >= 0.3 is 0 Å². The molecule has 0 spiro atoms. The van der Waals surface area contributed by atoms with Crippen LogP contribution in [0, 0.1) is 0 Å². The van der Waals surface area contributed by atoms with E-state index in [9.17, 15) is 4.79 Å². The van der Waals surface area contributed by atoms with Crippen LogP contribution >= 0.6 is 11.8 Å². The summed E-state index contributed by atoms with van der Waals surface area (Å²) >= 11 is 1.43. The molecule has 0 radical (unpaired) electrons. The number of nitrogens with one attached hydrogen (secondary N) is 2. The quantitative estimate of drug-likeness (QED) is 0.504. The molecule has 2 heterocycles. The SMILES string of the molecule is COc1ccc(NC(=O)C2=C(C)Nc3nc(SC)nn3[C@H]2c2ccc(OC)c(OC)c2)cc1. The Morgan fingerprint density at radius 1 is 1.06 bits per heavy atom. The Balaban J connectivity index is 1.78. The molecule has 10 heteroatoms. The number of ether oxygens (including phenoxy) is 3. The van der Waals surface area contributed by atoms with Gasteiger partial charge in [0.25, 0.3) is 5.91 Å². The summed E-state index contributed by atoms with van der Waals surface area (Å²) < 4.78 is 17.8. The zero-order valence-electron chi connectivity index (χ0n) is 19.0. The minimum atomic E-state index is -0.521. The number of hydrogen-bond donors (Lipinski definition) is 2. The Bertz CT molecular complexity index is 1210. The molecule has 3 aromatic rings. The molecule has 9 nitrogen and oxygen atoms in total. The first-order chi connectivity index (χ1) is 16.0. The number of anilines is 2. The first-order valence-electron chi connectivity index (χ1n) is 10.1. The van der Waals surface area contributed by atoms with Crippen molar-refractivity contribution in [1.29, 1.82) is 0 Å². The van der Waals surface area contributed by atoms with Gasteiger partial charge in [-0.05, 0) is 55.1 Å². The van der Waals surface area contributed by atoms with Crippen LogP contribution in [-0.4, -0.2) is 48.3 Å². The van der Waals surface area contributed by atoms with Gasteiger partial charge in [-0.3, -0.25) is 4.79 Å². The maximum absolute atomic E-state index is 13.5. The van der Waals surface area contributed by atoms with Crippen molar-refractivity contribution in [1.82, 2.24) is 14.8 Å². The molecular weight excluding hydrogens is 442 g/mol. The van der Waals surface area contributed by atoms with Gasteiger partial charge in [0.15, 0.2) is 11.5 Å². The van der Waals surface area contributed by atoms with Gasteiger partial charge in [0, 0.05) is 11.4 Å². The van der Waals surface area contributed by atoms with E-state index in [0.29, 0.717) is 45.3 Å². The maximum atomic E-state index is 13.5. The molecule has 1 amide bonds. The molecule has 2 N–H and O–H groups in total. The normalized spacial score (nSPS) is 14.9.